The van der Waals surface area contributed by atoms with Gasteiger partial charge in [0.05, 0.1) is 8.95 Å². The minimum atomic E-state index is 0.0134. The van der Waals surface area contributed by atoms with Crippen LogP contribution in [0.5, 0.6) is 5.75 Å². The van der Waals surface area contributed by atoms with E-state index >= 15 is 0 Å². The van der Waals surface area contributed by atoms with E-state index in [0.717, 1.165) is 0 Å². The smallest absolute Gasteiger partial charge is 0.143 e. The van der Waals surface area contributed by atoms with Gasteiger partial charge in [0.25, 0.3) is 0 Å². The van der Waals surface area contributed by atoms with Gasteiger partial charge < -0.3 is 5.11 Å². The molecule has 0 saturated heterocycles. The van der Waals surface area contributed by atoms with E-state index in [9.17, 15) is 5.11 Å². The number of phenols is 1. The number of allylic oxidation sites excluding steroid dienone is 1. The van der Waals surface area contributed by atoms with Crippen molar-refractivity contribution in [3.8, 4) is 17.9 Å². The van der Waals surface area contributed by atoms with E-state index in [-0.39, 0.29) is 11.3 Å². The summed E-state index contributed by atoms with van der Waals surface area (Å²) in [5.41, 5.74) is 0.670. The molecule has 3 nitrogen and oxygen atoms in total. The second kappa shape index (κ2) is 4.97. The highest BCUT2D eigenvalue weighted by atomic mass is 79.9. The Balaban J connectivity index is 3.26. The highest BCUT2D eigenvalue weighted by Gasteiger charge is 2.05. The maximum absolute atomic E-state index is 9.43. The molecule has 0 aromatic heterocycles. The van der Waals surface area contributed by atoms with Crippen LogP contribution < -0.4 is 0 Å². The largest absolute Gasteiger partial charge is 0.506 e. The maximum atomic E-state index is 9.43. The quantitative estimate of drug-likeness (QED) is 0.804. The minimum absolute atomic E-state index is 0.0134. The number of halogens is 2. The summed E-state index contributed by atoms with van der Waals surface area (Å²) in [6.45, 7) is 0. The summed E-state index contributed by atoms with van der Waals surface area (Å²) in [6.07, 6.45) is 1.44. The van der Waals surface area contributed by atoms with E-state index in [2.05, 4.69) is 31.9 Å². The molecule has 0 spiro atoms. The fraction of sp³-hybridized carbons (Fsp3) is 0. The molecular formula is C10H4Br2N2O. The first-order valence-corrected chi connectivity index (χ1v) is 5.37. The molecule has 1 rings (SSSR count). The number of rotatable bonds is 1. The number of aromatic hydroxyl groups is 1. The molecule has 0 saturated carbocycles. The highest BCUT2D eigenvalue weighted by Crippen LogP contribution is 2.33. The standard InChI is InChI=1S/C10H4Br2N2O/c11-8-2-6(1-7(4-13)5-14)3-9(12)10(8)15/h1-3,15H. The fourth-order valence-electron chi connectivity index (χ4n) is 0.925. The molecule has 0 heterocycles. The molecule has 74 valence electrons. The van der Waals surface area contributed by atoms with E-state index in [1.807, 2.05) is 0 Å². The van der Waals surface area contributed by atoms with Gasteiger partial charge in [0, 0.05) is 0 Å². The van der Waals surface area contributed by atoms with E-state index in [0.29, 0.717) is 14.5 Å². The average molecular weight is 328 g/mol. The predicted octanol–water partition coefficient (Wildman–Crippen LogP) is 3.35. The Labute approximate surface area is 104 Å². The van der Waals surface area contributed by atoms with Crippen LogP contribution in [-0.2, 0) is 0 Å². The van der Waals surface area contributed by atoms with E-state index < -0.39 is 0 Å². The summed E-state index contributed by atoms with van der Waals surface area (Å²) in [5.74, 6) is 0.0858. The zero-order chi connectivity index (χ0) is 11.4. The normalized spacial score (nSPS) is 8.80. The van der Waals surface area contributed by atoms with Gasteiger partial charge in [0.15, 0.2) is 0 Å². The van der Waals surface area contributed by atoms with Crippen molar-refractivity contribution in [3.63, 3.8) is 0 Å². The summed E-state index contributed by atoms with van der Waals surface area (Å²) in [7, 11) is 0. The van der Waals surface area contributed by atoms with E-state index in [4.69, 9.17) is 10.5 Å². The Bertz CT molecular complexity index is 470. The Hall–Kier alpha value is -1.30. The number of phenolic OH excluding ortho intramolecular Hbond substituents is 1. The second-order valence-corrected chi connectivity index (χ2v) is 4.32. The van der Waals surface area contributed by atoms with Crippen molar-refractivity contribution in [1.29, 1.82) is 10.5 Å². The van der Waals surface area contributed by atoms with E-state index in [1.54, 1.807) is 24.3 Å². The first-order valence-electron chi connectivity index (χ1n) is 3.78. The van der Waals surface area contributed by atoms with Crippen molar-refractivity contribution in [1.82, 2.24) is 0 Å². The molecule has 0 atom stereocenters. The van der Waals surface area contributed by atoms with Gasteiger partial charge in [-0.2, -0.15) is 10.5 Å². The lowest BCUT2D eigenvalue weighted by atomic mass is 10.1. The van der Waals surface area contributed by atoms with Crippen molar-refractivity contribution in [2.24, 2.45) is 0 Å². The van der Waals surface area contributed by atoms with Gasteiger partial charge in [0.2, 0.25) is 0 Å². The summed E-state index contributed by atoms with van der Waals surface area (Å²) in [6, 6.07) is 6.76. The Morgan fingerprint density at radius 2 is 1.67 bits per heavy atom. The SMILES string of the molecule is N#CC(C#N)=Cc1cc(Br)c(O)c(Br)c1. The van der Waals surface area contributed by atoms with Crippen LogP contribution in [0.15, 0.2) is 26.7 Å². The lowest BCUT2D eigenvalue weighted by molar-refractivity contribution is 0.468. The molecular weight excluding hydrogens is 324 g/mol. The molecule has 5 heteroatoms. The first-order chi connectivity index (χ1) is 7.08. The third-order valence-corrected chi connectivity index (χ3v) is 2.80. The number of hydrogen-bond donors (Lipinski definition) is 1. The van der Waals surface area contributed by atoms with Crippen molar-refractivity contribution in [2.75, 3.05) is 0 Å². The Morgan fingerprint density at radius 1 is 1.20 bits per heavy atom. The number of hydrogen-bond acceptors (Lipinski definition) is 3. The predicted molar refractivity (Wildman–Crippen MR) is 62.7 cm³/mol. The maximum Gasteiger partial charge on any atom is 0.143 e. The van der Waals surface area contributed by atoms with Crippen molar-refractivity contribution in [3.05, 3.63) is 32.2 Å². The summed E-state index contributed by atoms with van der Waals surface area (Å²) < 4.78 is 0.997. The van der Waals surface area contributed by atoms with Crippen molar-refractivity contribution in [2.45, 2.75) is 0 Å². The molecule has 0 unspecified atom stereocenters. The van der Waals surface area contributed by atoms with Crippen LogP contribution in [-0.4, -0.2) is 5.11 Å². The van der Waals surface area contributed by atoms with E-state index in [1.165, 1.54) is 6.08 Å². The van der Waals surface area contributed by atoms with Crippen LogP contribution >= 0.6 is 31.9 Å². The lowest BCUT2D eigenvalue weighted by Crippen LogP contribution is -1.79. The monoisotopic (exact) mass is 326 g/mol. The van der Waals surface area contributed by atoms with Gasteiger partial charge >= 0.3 is 0 Å². The minimum Gasteiger partial charge on any atom is -0.506 e. The molecule has 1 aromatic carbocycles. The van der Waals surface area contributed by atoms with Gasteiger partial charge in [0.1, 0.15) is 23.5 Å². The van der Waals surface area contributed by atoms with Crippen LogP contribution in [0, 0.1) is 22.7 Å². The number of nitriles is 2. The molecule has 0 aliphatic carbocycles. The number of benzene rings is 1. The zero-order valence-electron chi connectivity index (χ0n) is 7.33. The summed E-state index contributed by atoms with van der Waals surface area (Å²) in [5, 5.41) is 26.6. The third kappa shape index (κ3) is 2.82. The van der Waals surface area contributed by atoms with Crippen molar-refractivity contribution >= 4 is 37.9 Å². The molecule has 0 aliphatic rings. The molecule has 15 heavy (non-hydrogen) atoms. The van der Waals surface area contributed by atoms with Crippen LogP contribution in [0.1, 0.15) is 5.56 Å². The molecule has 1 aromatic rings. The molecule has 0 aliphatic heterocycles. The highest BCUT2D eigenvalue weighted by molar-refractivity contribution is 9.11. The molecule has 1 N–H and O–H groups in total. The molecule has 0 fully saturated rings. The van der Waals surface area contributed by atoms with Crippen LogP contribution in [0.3, 0.4) is 0 Å². The third-order valence-electron chi connectivity index (χ3n) is 1.59. The Kier molecular flexibility index (Phi) is 3.90. The van der Waals surface area contributed by atoms with Gasteiger partial charge in [-0.3, -0.25) is 0 Å². The second-order valence-electron chi connectivity index (χ2n) is 2.61. The first kappa shape index (κ1) is 11.8. The topological polar surface area (TPSA) is 67.8 Å². The number of nitrogens with zero attached hydrogens (tertiary/aromatic N) is 2. The van der Waals surface area contributed by atoms with Gasteiger partial charge in [-0.05, 0) is 55.6 Å². The molecule has 0 bridgehead atoms. The summed E-state index contributed by atoms with van der Waals surface area (Å²) in [4.78, 5) is 0. The van der Waals surface area contributed by atoms with Crippen LogP contribution in [0.4, 0.5) is 0 Å². The molecule has 0 radical (unpaired) electrons. The average Bonchev–Trinajstić information content (AvgIpc) is 2.22. The van der Waals surface area contributed by atoms with Crippen LogP contribution in [0.2, 0.25) is 0 Å². The Morgan fingerprint density at radius 3 is 2.07 bits per heavy atom. The van der Waals surface area contributed by atoms with Crippen molar-refractivity contribution < 1.29 is 5.11 Å². The van der Waals surface area contributed by atoms with Gasteiger partial charge in [-0.15, -0.1) is 0 Å². The fourth-order valence-corrected chi connectivity index (χ4v) is 2.15. The zero-order valence-corrected chi connectivity index (χ0v) is 10.5. The van der Waals surface area contributed by atoms with Crippen LogP contribution in [0.25, 0.3) is 6.08 Å². The van der Waals surface area contributed by atoms with Gasteiger partial charge in [-0.25, -0.2) is 0 Å². The lowest BCUT2D eigenvalue weighted by Gasteiger charge is -2.01. The van der Waals surface area contributed by atoms with Gasteiger partial charge in [-0.1, -0.05) is 0 Å². The summed E-state index contributed by atoms with van der Waals surface area (Å²) >= 11 is 6.31. The molecule has 0 amide bonds.